The van der Waals surface area contributed by atoms with Gasteiger partial charge in [-0.15, -0.1) is 0 Å². The first-order chi connectivity index (χ1) is 15.9. The molecule has 0 bridgehead atoms. The summed E-state index contributed by atoms with van der Waals surface area (Å²) in [5.74, 6) is 1.28. The summed E-state index contributed by atoms with van der Waals surface area (Å²) in [6.45, 7) is 0.872. The fourth-order valence-electron chi connectivity index (χ4n) is 4.39. The first kappa shape index (κ1) is 23.4. The van der Waals surface area contributed by atoms with Crippen molar-refractivity contribution in [1.29, 1.82) is 0 Å². The normalized spacial score (nSPS) is 17.2. The fourth-order valence-corrected chi connectivity index (χ4v) is 5.17. The van der Waals surface area contributed by atoms with Crippen LogP contribution in [0.2, 0.25) is 0 Å². The highest BCUT2D eigenvalue weighted by Gasteiger charge is 2.18. The highest BCUT2D eigenvalue weighted by molar-refractivity contribution is 7.89. The van der Waals surface area contributed by atoms with Gasteiger partial charge in [-0.2, -0.15) is 0 Å². The average Bonchev–Trinajstić information content (AvgIpc) is 2.79. The van der Waals surface area contributed by atoms with Crippen LogP contribution in [0.15, 0.2) is 52.4 Å². The molecule has 2 aromatic rings. The topological polar surface area (TPSA) is 71.3 Å². The molecule has 0 saturated heterocycles. The van der Waals surface area contributed by atoms with Crippen LogP contribution in [0.3, 0.4) is 0 Å². The SMILES string of the molecule is CS(=O)(=O)Cc1cccc(N2C=NC(c3ccc(F)cc3OCCC3CCCCC3)=NC2)c1. The molecule has 0 spiro atoms. The van der Waals surface area contributed by atoms with Crippen molar-refractivity contribution in [3.63, 3.8) is 0 Å². The van der Waals surface area contributed by atoms with Crippen LogP contribution in [0, 0.1) is 11.7 Å². The maximum atomic E-state index is 13.9. The highest BCUT2D eigenvalue weighted by Crippen LogP contribution is 2.28. The zero-order chi connectivity index (χ0) is 23.3. The summed E-state index contributed by atoms with van der Waals surface area (Å²) in [7, 11) is -3.12. The standard InChI is InChI=1S/C25H30FN3O3S/c1-33(30,31)16-20-8-5-9-22(14-20)29-17-27-25(28-18-29)23-11-10-21(26)15-24(23)32-13-12-19-6-3-2-4-7-19/h5,8-11,14-15,17,19H,2-4,6-7,12-13,16,18H2,1H3. The Labute approximate surface area is 195 Å². The number of hydrogen-bond acceptors (Lipinski definition) is 6. The van der Waals surface area contributed by atoms with Crippen LogP contribution in [0.4, 0.5) is 10.1 Å². The number of amidine groups is 1. The Morgan fingerprint density at radius 3 is 2.67 bits per heavy atom. The van der Waals surface area contributed by atoms with E-state index in [1.54, 1.807) is 18.5 Å². The van der Waals surface area contributed by atoms with Crippen molar-refractivity contribution < 1.29 is 17.5 Å². The van der Waals surface area contributed by atoms with Crippen molar-refractivity contribution in [2.45, 2.75) is 44.3 Å². The number of aliphatic imine (C=N–C) groups is 2. The fraction of sp³-hybridized carbons (Fsp3) is 0.440. The molecule has 1 aliphatic carbocycles. The second-order valence-electron chi connectivity index (χ2n) is 8.86. The summed E-state index contributed by atoms with van der Waals surface area (Å²) in [5, 5.41) is 0. The van der Waals surface area contributed by atoms with Crippen LogP contribution < -0.4 is 9.64 Å². The van der Waals surface area contributed by atoms with Crippen LogP contribution >= 0.6 is 0 Å². The minimum absolute atomic E-state index is 0.0164. The van der Waals surface area contributed by atoms with Crippen LogP contribution in [-0.2, 0) is 15.6 Å². The van der Waals surface area contributed by atoms with Crippen molar-refractivity contribution in [1.82, 2.24) is 0 Å². The van der Waals surface area contributed by atoms with E-state index in [-0.39, 0.29) is 11.6 Å². The second kappa shape index (κ2) is 10.5. The van der Waals surface area contributed by atoms with E-state index in [0.717, 1.165) is 12.1 Å². The summed E-state index contributed by atoms with van der Waals surface area (Å²) in [6.07, 6.45) is 10.2. The minimum atomic E-state index is -3.12. The van der Waals surface area contributed by atoms with Gasteiger partial charge in [0.25, 0.3) is 0 Å². The maximum Gasteiger partial charge on any atom is 0.161 e. The molecule has 6 nitrogen and oxygen atoms in total. The molecule has 4 rings (SSSR count). The van der Waals surface area contributed by atoms with Crippen molar-refractivity contribution in [2.24, 2.45) is 15.9 Å². The maximum absolute atomic E-state index is 13.9. The summed E-state index contributed by atoms with van der Waals surface area (Å²) in [6, 6.07) is 11.8. The lowest BCUT2D eigenvalue weighted by atomic mass is 9.87. The molecule has 1 aliphatic heterocycles. The molecular formula is C25H30FN3O3S. The van der Waals surface area contributed by atoms with Gasteiger partial charge in [0.15, 0.2) is 15.7 Å². The van der Waals surface area contributed by atoms with E-state index in [1.807, 2.05) is 23.1 Å². The van der Waals surface area contributed by atoms with Gasteiger partial charge in [0, 0.05) is 18.0 Å². The molecule has 176 valence electrons. The highest BCUT2D eigenvalue weighted by atomic mass is 32.2. The number of anilines is 1. The van der Waals surface area contributed by atoms with Crippen LogP contribution in [-0.4, -0.2) is 40.1 Å². The first-order valence-corrected chi connectivity index (χ1v) is 13.5. The van der Waals surface area contributed by atoms with E-state index in [1.165, 1.54) is 50.5 Å². The molecule has 0 amide bonds. The summed E-state index contributed by atoms with van der Waals surface area (Å²) in [5.41, 5.74) is 2.19. The summed E-state index contributed by atoms with van der Waals surface area (Å²) >= 11 is 0. The van der Waals surface area contributed by atoms with Gasteiger partial charge in [0.2, 0.25) is 0 Å². The molecule has 1 saturated carbocycles. The molecule has 1 heterocycles. The number of benzene rings is 2. The minimum Gasteiger partial charge on any atom is -0.493 e. The van der Waals surface area contributed by atoms with Crippen LogP contribution in [0.5, 0.6) is 5.75 Å². The number of halogens is 1. The monoisotopic (exact) mass is 471 g/mol. The Morgan fingerprint density at radius 1 is 1.12 bits per heavy atom. The lowest BCUT2D eigenvalue weighted by molar-refractivity contribution is 0.245. The number of nitrogens with zero attached hydrogens (tertiary/aromatic N) is 3. The third kappa shape index (κ3) is 6.63. The van der Waals surface area contributed by atoms with Crippen molar-refractivity contribution in [3.8, 4) is 5.75 Å². The second-order valence-corrected chi connectivity index (χ2v) is 11.0. The molecule has 0 radical (unpaired) electrons. The Hall–Kier alpha value is -2.74. The largest absolute Gasteiger partial charge is 0.493 e. The number of rotatable bonds is 8. The van der Waals surface area contributed by atoms with Crippen molar-refractivity contribution in [2.75, 3.05) is 24.4 Å². The Bertz CT molecular complexity index is 1140. The van der Waals surface area contributed by atoms with E-state index in [0.29, 0.717) is 41.9 Å². The first-order valence-electron chi connectivity index (χ1n) is 11.4. The molecule has 33 heavy (non-hydrogen) atoms. The molecule has 0 atom stereocenters. The Kier molecular flexibility index (Phi) is 7.42. The van der Waals surface area contributed by atoms with Gasteiger partial charge in [-0.25, -0.2) is 22.8 Å². The zero-order valence-corrected chi connectivity index (χ0v) is 19.7. The van der Waals surface area contributed by atoms with E-state index < -0.39 is 9.84 Å². The average molecular weight is 472 g/mol. The van der Waals surface area contributed by atoms with Gasteiger partial charge >= 0.3 is 0 Å². The van der Waals surface area contributed by atoms with E-state index in [9.17, 15) is 12.8 Å². The smallest absolute Gasteiger partial charge is 0.161 e. The van der Waals surface area contributed by atoms with Gasteiger partial charge in [-0.3, -0.25) is 0 Å². The molecule has 2 aromatic carbocycles. The van der Waals surface area contributed by atoms with Crippen molar-refractivity contribution in [3.05, 3.63) is 59.4 Å². The lowest BCUT2D eigenvalue weighted by Gasteiger charge is -2.23. The lowest BCUT2D eigenvalue weighted by Crippen LogP contribution is -2.27. The predicted molar refractivity (Wildman–Crippen MR) is 130 cm³/mol. The van der Waals surface area contributed by atoms with Gasteiger partial charge in [0.1, 0.15) is 18.2 Å². The molecule has 8 heteroatoms. The molecule has 2 aliphatic rings. The Morgan fingerprint density at radius 2 is 1.94 bits per heavy atom. The van der Waals surface area contributed by atoms with Gasteiger partial charge in [0.05, 0.1) is 24.3 Å². The van der Waals surface area contributed by atoms with Crippen LogP contribution in [0.25, 0.3) is 0 Å². The predicted octanol–water partition coefficient (Wildman–Crippen LogP) is 4.97. The number of ether oxygens (including phenoxy) is 1. The quantitative estimate of drug-likeness (QED) is 0.545. The summed E-state index contributed by atoms with van der Waals surface area (Å²) < 4.78 is 43.1. The van der Waals surface area contributed by atoms with E-state index >= 15 is 0 Å². The Balaban J connectivity index is 1.43. The van der Waals surface area contributed by atoms with Gasteiger partial charge in [-0.05, 0) is 42.2 Å². The van der Waals surface area contributed by atoms with E-state index in [4.69, 9.17) is 4.74 Å². The zero-order valence-electron chi connectivity index (χ0n) is 18.9. The molecule has 1 fully saturated rings. The van der Waals surface area contributed by atoms with Gasteiger partial charge < -0.3 is 9.64 Å². The molecule has 0 aromatic heterocycles. The van der Waals surface area contributed by atoms with E-state index in [2.05, 4.69) is 9.98 Å². The third-order valence-corrected chi connectivity index (χ3v) is 6.91. The van der Waals surface area contributed by atoms with Gasteiger partial charge in [-0.1, -0.05) is 44.2 Å². The van der Waals surface area contributed by atoms with Crippen molar-refractivity contribution >= 4 is 27.7 Å². The number of hydrogen-bond donors (Lipinski definition) is 0. The number of sulfone groups is 1. The van der Waals surface area contributed by atoms with Crippen LogP contribution in [0.1, 0.15) is 49.7 Å². The third-order valence-electron chi connectivity index (χ3n) is 6.06. The molecular weight excluding hydrogens is 441 g/mol. The summed E-state index contributed by atoms with van der Waals surface area (Å²) in [4.78, 5) is 10.9. The molecule has 0 unspecified atom stereocenters. The molecule has 0 N–H and O–H groups in total.